The largest absolute Gasteiger partial charge is 0.435 e. The highest BCUT2D eigenvalue weighted by Gasteiger charge is 2.12. The summed E-state index contributed by atoms with van der Waals surface area (Å²) in [6.07, 6.45) is 7.21. The molecule has 0 bridgehead atoms. The fourth-order valence-corrected chi connectivity index (χ4v) is 4.38. The van der Waals surface area contributed by atoms with Crippen LogP contribution in [0, 0.1) is 0 Å². The number of benzene rings is 2. The van der Waals surface area contributed by atoms with Crippen LogP contribution in [0.4, 0.5) is 20.4 Å². The highest BCUT2D eigenvalue weighted by atomic mass is 28.3. The summed E-state index contributed by atoms with van der Waals surface area (Å²) in [6.45, 7) is 4.92. The Labute approximate surface area is 220 Å². The fraction of sp³-hybridized carbons (Fsp3) is 0.250. The SMILES string of the molecule is C[Si](C)(C)CCOCn1c(=O)ccc2cc(C=Cc3cnc(Nc4ccc(OC(F)F)cc4)nc3)ccc21. The average molecular weight is 537 g/mol. The summed E-state index contributed by atoms with van der Waals surface area (Å²) in [7, 11) is -1.19. The Morgan fingerprint density at radius 2 is 1.68 bits per heavy atom. The van der Waals surface area contributed by atoms with Gasteiger partial charge >= 0.3 is 6.61 Å². The molecule has 0 aliphatic carbocycles. The molecule has 0 saturated heterocycles. The highest BCUT2D eigenvalue weighted by Crippen LogP contribution is 2.20. The topological polar surface area (TPSA) is 78.3 Å². The van der Waals surface area contributed by atoms with Gasteiger partial charge in [0.1, 0.15) is 12.5 Å². The first kappa shape index (κ1) is 27.1. The summed E-state index contributed by atoms with van der Waals surface area (Å²) in [5, 5.41) is 3.96. The molecule has 2 aromatic carbocycles. The van der Waals surface area contributed by atoms with Crippen LogP contribution in [-0.2, 0) is 11.5 Å². The molecule has 0 unspecified atom stereocenters. The van der Waals surface area contributed by atoms with Crippen LogP contribution in [0.2, 0.25) is 25.7 Å². The maximum absolute atomic E-state index is 12.4. The molecule has 2 aromatic heterocycles. The van der Waals surface area contributed by atoms with Gasteiger partial charge < -0.3 is 14.8 Å². The third-order valence-corrected chi connectivity index (χ3v) is 7.41. The molecule has 1 N–H and O–H groups in total. The van der Waals surface area contributed by atoms with Crippen LogP contribution >= 0.6 is 0 Å². The van der Waals surface area contributed by atoms with Gasteiger partial charge in [-0.25, -0.2) is 9.97 Å². The molecule has 0 radical (unpaired) electrons. The van der Waals surface area contributed by atoms with Crippen molar-refractivity contribution < 1.29 is 18.3 Å². The van der Waals surface area contributed by atoms with Crippen molar-refractivity contribution in [1.29, 1.82) is 0 Å². The fourth-order valence-electron chi connectivity index (χ4n) is 3.62. The van der Waals surface area contributed by atoms with E-state index in [1.165, 1.54) is 12.1 Å². The number of anilines is 2. The van der Waals surface area contributed by atoms with E-state index in [4.69, 9.17) is 4.74 Å². The molecule has 38 heavy (non-hydrogen) atoms. The first-order valence-electron chi connectivity index (χ1n) is 12.2. The number of hydrogen-bond acceptors (Lipinski definition) is 6. The Kier molecular flexibility index (Phi) is 8.65. The number of nitrogens with one attached hydrogen (secondary N) is 1. The van der Waals surface area contributed by atoms with E-state index in [9.17, 15) is 13.6 Å². The predicted octanol–water partition coefficient (Wildman–Crippen LogP) is 6.62. The summed E-state index contributed by atoms with van der Waals surface area (Å²) < 4.78 is 36.4. The second kappa shape index (κ2) is 12.1. The van der Waals surface area contributed by atoms with Crippen LogP contribution in [0.3, 0.4) is 0 Å². The van der Waals surface area contributed by atoms with Crippen LogP contribution in [0.15, 0.2) is 71.8 Å². The van der Waals surface area contributed by atoms with Crippen molar-refractivity contribution in [2.24, 2.45) is 0 Å². The first-order valence-corrected chi connectivity index (χ1v) is 15.9. The molecule has 0 aliphatic heterocycles. The number of aromatic nitrogens is 3. The van der Waals surface area contributed by atoms with Crippen LogP contribution in [0.25, 0.3) is 23.1 Å². The summed E-state index contributed by atoms with van der Waals surface area (Å²) in [5.41, 5.74) is 3.16. The molecule has 0 saturated carbocycles. The van der Waals surface area contributed by atoms with E-state index >= 15 is 0 Å². The van der Waals surface area contributed by atoms with E-state index in [2.05, 4.69) is 39.7 Å². The molecule has 2 heterocycles. The van der Waals surface area contributed by atoms with Gasteiger partial charge in [0, 0.05) is 44.4 Å². The molecular weight excluding hydrogens is 506 g/mol. The smallest absolute Gasteiger partial charge is 0.387 e. The summed E-state index contributed by atoms with van der Waals surface area (Å²) >= 11 is 0. The lowest BCUT2D eigenvalue weighted by Crippen LogP contribution is -2.24. The van der Waals surface area contributed by atoms with Crippen molar-refractivity contribution >= 4 is 42.8 Å². The Morgan fingerprint density at radius 3 is 2.37 bits per heavy atom. The van der Waals surface area contributed by atoms with Gasteiger partial charge in [0.2, 0.25) is 5.95 Å². The van der Waals surface area contributed by atoms with Crippen LogP contribution in [0.1, 0.15) is 11.1 Å². The van der Waals surface area contributed by atoms with E-state index < -0.39 is 14.7 Å². The molecule has 0 atom stereocenters. The molecule has 4 rings (SSSR count). The zero-order valence-corrected chi connectivity index (χ0v) is 22.5. The predicted molar refractivity (Wildman–Crippen MR) is 150 cm³/mol. The van der Waals surface area contributed by atoms with Crippen molar-refractivity contribution in [2.75, 3.05) is 11.9 Å². The van der Waals surface area contributed by atoms with E-state index in [0.717, 1.165) is 28.1 Å². The van der Waals surface area contributed by atoms with E-state index in [1.807, 2.05) is 36.4 Å². The van der Waals surface area contributed by atoms with Gasteiger partial charge in [0.05, 0.1) is 5.52 Å². The lowest BCUT2D eigenvalue weighted by molar-refractivity contribution is -0.0498. The summed E-state index contributed by atoms with van der Waals surface area (Å²) in [6, 6.07) is 16.4. The zero-order chi connectivity index (χ0) is 27.1. The monoisotopic (exact) mass is 536 g/mol. The van der Waals surface area contributed by atoms with Gasteiger partial charge in [0.15, 0.2) is 0 Å². The minimum Gasteiger partial charge on any atom is -0.435 e. The summed E-state index contributed by atoms with van der Waals surface area (Å²) in [5.74, 6) is 0.454. The third-order valence-electron chi connectivity index (χ3n) is 5.71. The number of rotatable bonds is 11. The highest BCUT2D eigenvalue weighted by molar-refractivity contribution is 6.76. The Morgan fingerprint density at radius 1 is 0.974 bits per heavy atom. The normalized spacial score (nSPS) is 11.9. The molecule has 198 valence electrons. The van der Waals surface area contributed by atoms with Gasteiger partial charge in [0.25, 0.3) is 5.56 Å². The molecule has 10 heteroatoms. The average Bonchev–Trinajstić information content (AvgIpc) is 2.87. The minimum atomic E-state index is -2.86. The van der Waals surface area contributed by atoms with Crippen molar-refractivity contribution in [2.45, 2.75) is 39.0 Å². The van der Waals surface area contributed by atoms with Crippen LogP contribution in [0.5, 0.6) is 5.75 Å². The lowest BCUT2D eigenvalue weighted by Gasteiger charge is -2.16. The maximum atomic E-state index is 12.4. The number of nitrogens with zero attached hydrogens (tertiary/aromatic N) is 3. The van der Waals surface area contributed by atoms with E-state index in [1.54, 1.807) is 35.2 Å². The van der Waals surface area contributed by atoms with Crippen molar-refractivity contribution in [3.8, 4) is 5.75 Å². The second-order valence-electron chi connectivity index (χ2n) is 9.97. The maximum Gasteiger partial charge on any atom is 0.387 e. The standard InChI is InChI=1S/C28H30F2N4O3Si/c1-38(2,3)15-14-36-19-34-25-12-6-20(16-22(25)7-13-26(34)35)4-5-21-17-31-28(32-18-21)33-23-8-10-24(11-9-23)37-27(29)30/h4-13,16-18,27H,14-15,19H2,1-3H3,(H,31,32,33). The van der Waals surface area contributed by atoms with E-state index in [0.29, 0.717) is 18.2 Å². The van der Waals surface area contributed by atoms with Gasteiger partial charge in [-0.3, -0.25) is 9.36 Å². The molecule has 0 spiro atoms. The number of alkyl halides is 2. The number of pyridine rings is 1. The van der Waals surface area contributed by atoms with E-state index in [-0.39, 0.29) is 18.0 Å². The molecule has 4 aromatic rings. The molecule has 0 amide bonds. The third kappa shape index (κ3) is 7.80. The minimum absolute atomic E-state index is 0.0784. The molecule has 7 nitrogen and oxygen atoms in total. The van der Waals surface area contributed by atoms with Gasteiger partial charge in [-0.15, -0.1) is 0 Å². The molecule has 0 fully saturated rings. The van der Waals surface area contributed by atoms with Crippen LogP contribution < -0.4 is 15.6 Å². The first-order chi connectivity index (χ1) is 18.2. The van der Waals surface area contributed by atoms with Crippen molar-refractivity contribution in [3.63, 3.8) is 0 Å². The number of halogens is 2. The van der Waals surface area contributed by atoms with Crippen molar-refractivity contribution in [1.82, 2.24) is 14.5 Å². The lowest BCUT2D eigenvalue weighted by atomic mass is 10.1. The quantitative estimate of drug-likeness (QED) is 0.171. The van der Waals surface area contributed by atoms with Gasteiger partial charge in [-0.1, -0.05) is 37.9 Å². The number of fused-ring (bicyclic) bond motifs is 1. The number of ether oxygens (including phenoxy) is 2. The molecular formula is C28H30F2N4O3Si. The summed E-state index contributed by atoms with van der Waals surface area (Å²) in [4.78, 5) is 21.1. The second-order valence-corrected chi connectivity index (χ2v) is 15.6. The van der Waals surface area contributed by atoms with Crippen molar-refractivity contribution in [3.05, 3.63) is 88.5 Å². The van der Waals surface area contributed by atoms with Crippen LogP contribution in [-0.4, -0.2) is 35.8 Å². The Hall–Kier alpha value is -3.89. The van der Waals surface area contributed by atoms with Gasteiger partial charge in [-0.2, -0.15) is 8.78 Å². The zero-order valence-electron chi connectivity index (χ0n) is 21.5. The Balaban J connectivity index is 1.39. The Bertz CT molecular complexity index is 1450. The van der Waals surface area contributed by atoms with Gasteiger partial charge in [-0.05, 0) is 59.5 Å². The number of hydrogen-bond donors (Lipinski definition) is 1. The molecule has 0 aliphatic rings.